The number of amides is 1. The van der Waals surface area contributed by atoms with Crippen LogP contribution in [0.25, 0.3) is 0 Å². The number of carbonyl (C=O) groups excluding carboxylic acids is 1. The average Bonchev–Trinajstić information content (AvgIpc) is 2.88. The van der Waals surface area contributed by atoms with E-state index in [0.717, 1.165) is 31.6 Å². The van der Waals surface area contributed by atoms with E-state index in [-0.39, 0.29) is 17.9 Å². The molecule has 0 aromatic carbocycles. The standard InChI is InChI=1S/C15H22N4O2/c1-2-8-21-15-11(16)5-6-13(18-15)19-7-3-4-10-12(19)9-17-14(10)20/h5-6,10,12H,2-4,7-9,16H2,1H3,(H,17,20). The average molecular weight is 290 g/mol. The summed E-state index contributed by atoms with van der Waals surface area (Å²) >= 11 is 0. The van der Waals surface area contributed by atoms with E-state index in [0.29, 0.717) is 24.7 Å². The van der Waals surface area contributed by atoms with Crippen molar-refractivity contribution in [3.8, 4) is 5.88 Å². The summed E-state index contributed by atoms with van der Waals surface area (Å²) in [5.41, 5.74) is 6.47. The van der Waals surface area contributed by atoms with Crippen molar-refractivity contribution in [2.24, 2.45) is 5.92 Å². The highest BCUT2D eigenvalue weighted by Gasteiger charge is 2.41. The number of ether oxygens (including phenoxy) is 1. The van der Waals surface area contributed by atoms with Gasteiger partial charge in [-0.15, -0.1) is 0 Å². The van der Waals surface area contributed by atoms with Gasteiger partial charge in [0.15, 0.2) is 0 Å². The molecule has 6 nitrogen and oxygen atoms in total. The van der Waals surface area contributed by atoms with Crippen molar-refractivity contribution < 1.29 is 9.53 Å². The topological polar surface area (TPSA) is 80.5 Å². The lowest BCUT2D eigenvalue weighted by atomic mass is 9.91. The molecule has 3 rings (SSSR count). The van der Waals surface area contributed by atoms with Crippen molar-refractivity contribution in [2.75, 3.05) is 30.3 Å². The lowest BCUT2D eigenvalue weighted by Gasteiger charge is -2.36. The van der Waals surface area contributed by atoms with Gasteiger partial charge in [-0.3, -0.25) is 4.79 Å². The molecule has 2 saturated heterocycles. The van der Waals surface area contributed by atoms with E-state index in [4.69, 9.17) is 10.5 Å². The Morgan fingerprint density at radius 1 is 1.52 bits per heavy atom. The first-order valence-electron chi connectivity index (χ1n) is 7.64. The van der Waals surface area contributed by atoms with Crippen LogP contribution in [0, 0.1) is 5.92 Å². The number of rotatable bonds is 4. The number of anilines is 2. The van der Waals surface area contributed by atoms with Crippen molar-refractivity contribution in [3.63, 3.8) is 0 Å². The van der Waals surface area contributed by atoms with Crippen LogP contribution < -0.4 is 20.7 Å². The maximum Gasteiger partial charge on any atom is 0.239 e. The van der Waals surface area contributed by atoms with Gasteiger partial charge in [0.1, 0.15) is 5.82 Å². The highest BCUT2D eigenvalue weighted by Crippen LogP contribution is 2.32. The summed E-state index contributed by atoms with van der Waals surface area (Å²) in [4.78, 5) is 18.6. The predicted octanol–water partition coefficient (Wildman–Crippen LogP) is 1.17. The summed E-state index contributed by atoms with van der Waals surface area (Å²) in [6.07, 6.45) is 2.88. The van der Waals surface area contributed by atoms with Gasteiger partial charge < -0.3 is 20.7 Å². The molecule has 2 unspecified atom stereocenters. The highest BCUT2D eigenvalue weighted by molar-refractivity contribution is 5.83. The van der Waals surface area contributed by atoms with Crippen LogP contribution in [0.1, 0.15) is 26.2 Å². The molecule has 1 amide bonds. The van der Waals surface area contributed by atoms with E-state index >= 15 is 0 Å². The zero-order chi connectivity index (χ0) is 14.8. The Balaban J connectivity index is 1.84. The summed E-state index contributed by atoms with van der Waals surface area (Å²) in [7, 11) is 0. The number of aromatic nitrogens is 1. The van der Waals surface area contributed by atoms with Crippen molar-refractivity contribution in [1.29, 1.82) is 0 Å². The Morgan fingerprint density at radius 2 is 2.38 bits per heavy atom. The van der Waals surface area contributed by atoms with Crippen LogP contribution in [-0.2, 0) is 4.79 Å². The fourth-order valence-corrected chi connectivity index (χ4v) is 3.15. The lowest BCUT2D eigenvalue weighted by molar-refractivity contribution is -0.122. The third-order valence-corrected chi connectivity index (χ3v) is 4.21. The van der Waals surface area contributed by atoms with E-state index in [1.165, 1.54) is 0 Å². The first-order chi connectivity index (χ1) is 10.2. The molecule has 1 aromatic heterocycles. The van der Waals surface area contributed by atoms with Crippen LogP contribution in [-0.4, -0.2) is 36.6 Å². The number of hydrogen-bond donors (Lipinski definition) is 2. The second-order valence-corrected chi connectivity index (χ2v) is 5.67. The van der Waals surface area contributed by atoms with Crippen LogP contribution >= 0.6 is 0 Å². The molecule has 21 heavy (non-hydrogen) atoms. The molecule has 1 aromatic rings. The molecule has 2 aliphatic rings. The van der Waals surface area contributed by atoms with E-state index in [1.54, 1.807) is 0 Å². The summed E-state index contributed by atoms with van der Waals surface area (Å²) < 4.78 is 5.60. The molecule has 0 aliphatic carbocycles. The Hall–Kier alpha value is -1.98. The van der Waals surface area contributed by atoms with Gasteiger partial charge in [0.2, 0.25) is 11.8 Å². The minimum atomic E-state index is 0.0816. The zero-order valence-electron chi connectivity index (χ0n) is 12.3. The number of nitrogen functional groups attached to an aromatic ring is 1. The van der Waals surface area contributed by atoms with Crippen molar-refractivity contribution in [1.82, 2.24) is 10.3 Å². The van der Waals surface area contributed by atoms with Gasteiger partial charge in [-0.1, -0.05) is 6.92 Å². The molecule has 2 fully saturated rings. The van der Waals surface area contributed by atoms with Crippen molar-refractivity contribution >= 4 is 17.4 Å². The van der Waals surface area contributed by atoms with E-state index in [1.807, 2.05) is 19.1 Å². The number of nitrogens with one attached hydrogen (secondary N) is 1. The maximum atomic E-state index is 11.8. The summed E-state index contributed by atoms with van der Waals surface area (Å²) in [6, 6.07) is 3.95. The smallest absolute Gasteiger partial charge is 0.239 e. The third-order valence-electron chi connectivity index (χ3n) is 4.21. The Kier molecular flexibility index (Phi) is 3.86. The highest BCUT2D eigenvalue weighted by atomic mass is 16.5. The van der Waals surface area contributed by atoms with Crippen LogP contribution in [0.15, 0.2) is 12.1 Å². The van der Waals surface area contributed by atoms with Crippen molar-refractivity contribution in [2.45, 2.75) is 32.2 Å². The van der Waals surface area contributed by atoms with Gasteiger partial charge in [-0.25, -0.2) is 0 Å². The number of fused-ring (bicyclic) bond motifs is 1. The van der Waals surface area contributed by atoms with Crippen molar-refractivity contribution in [3.05, 3.63) is 12.1 Å². The SMILES string of the molecule is CCCOc1nc(N2CCCC3C(=O)NCC32)ccc1N. The van der Waals surface area contributed by atoms with E-state index in [9.17, 15) is 4.79 Å². The normalized spacial score (nSPS) is 24.6. The molecule has 2 atom stereocenters. The quantitative estimate of drug-likeness (QED) is 0.870. The number of hydrogen-bond acceptors (Lipinski definition) is 5. The molecule has 3 N–H and O–H groups in total. The second-order valence-electron chi connectivity index (χ2n) is 5.67. The monoisotopic (exact) mass is 290 g/mol. The second kappa shape index (κ2) is 5.79. The fraction of sp³-hybridized carbons (Fsp3) is 0.600. The Morgan fingerprint density at radius 3 is 3.19 bits per heavy atom. The fourth-order valence-electron chi connectivity index (χ4n) is 3.15. The Labute approximate surface area is 124 Å². The van der Waals surface area contributed by atoms with Crippen LogP contribution in [0.3, 0.4) is 0 Å². The van der Waals surface area contributed by atoms with Gasteiger partial charge in [0, 0.05) is 13.1 Å². The number of pyridine rings is 1. The summed E-state index contributed by atoms with van der Waals surface area (Å²) in [5.74, 6) is 1.59. The molecule has 6 heteroatoms. The summed E-state index contributed by atoms with van der Waals surface area (Å²) in [6.45, 7) is 4.26. The predicted molar refractivity (Wildman–Crippen MR) is 81.3 cm³/mol. The van der Waals surface area contributed by atoms with E-state index < -0.39 is 0 Å². The van der Waals surface area contributed by atoms with Crippen LogP contribution in [0.2, 0.25) is 0 Å². The lowest BCUT2D eigenvalue weighted by Crippen LogP contribution is -2.46. The zero-order valence-corrected chi connectivity index (χ0v) is 12.3. The molecule has 2 aliphatic heterocycles. The Bertz CT molecular complexity index is 534. The first-order valence-corrected chi connectivity index (χ1v) is 7.64. The minimum Gasteiger partial charge on any atom is -0.476 e. The third kappa shape index (κ3) is 2.62. The number of carbonyl (C=O) groups is 1. The van der Waals surface area contributed by atoms with Gasteiger partial charge in [0.25, 0.3) is 0 Å². The molecular weight excluding hydrogens is 268 g/mol. The van der Waals surface area contributed by atoms with Crippen LogP contribution in [0.4, 0.5) is 11.5 Å². The van der Waals surface area contributed by atoms with E-state index in [2.05, 4.69) is 15.2 Å². The van der Waals surface area contributed by atoms with Gasteiger partial charge in [-0.05, 0) is 31.4 Å². The first kappa shape index (κ1) is 14.0. The summed E-state index contributed by atoms with van der Waals surface area (Å²) in [5, 5.41) is 2.96. The number of nitrogens with zero attached hydrogens (tertiary/aromatic N) is 2. The molecule has 0 spiro atoms. The number of nitrogens with two attached hydrogens (primary N) is 1. The molecule has 0 radical (unpaired) electrons. The number of piperidine rings is 1. The molecule has 3 heterocycles. The largest absolute Gasteiger partial charge is 0.476 e. The molecular formula is C15H22N4O2. The van der Waals surface area contributed by atoms with Gasteiger partial charge in [-0.2, -0.15) is 4.98 Å². The molecule has 0 bridgehead atoms. The van der Waals surface area contributed by atoms with Gasteiger partial charge in [0.05, 0.1) is 24.3 Å². The molecule has 0 saturated carbocycles. The van der Waals surface area contributed by atoms with Crippen LogP contribution in [0.5, 0.6) is 5.88 Å². The maximum absolute atomic E-state index is 11.8. The van der Waals surface area contributed by atoms with Gasteiger partial charge >= 0.3 is 0 Å². The molecule has 114 valence electrons. The minimum absolute atomic E-state index is 0.0816.